The number of imidazole rings is 1. The van der Waals surface area contributed by atoms with E-state index in [2.05, 4.69) is 19.7 Å². The lowest BCUT2D eigenvalue weighted by Gasteiger charge is -2.14. The van der Waals surface area contributed by atoms with E-state index in [9.17, 15) is 23.1 Å². The van der Waals surface area contributed by atoms with Crippen LogP contribution in [0.15, 0.2) is 18.3 Å². The minimum atomic E-state index is -4.92. The zero-order valence-corrected chi connectivity index (χ0v) is 12.5. The first-order valence-electron chi connectivity index (χ1n) is 6.54. The lowest BCUT2D eigenvalue weighted by molar-refractivity contribution is -0.274. The van der Waals surface area contributed by atoms with Gasteiger partial charge < -0.3 is 14.8 Å². The second-order valence-electron chi connectivity index (χ2n) is 5.76. The summed E-state index contributed by atoms with van der Waals surface area (Å²) in [6, 6.07) is 2.31. The van der Waals surface area contributed by atoms with Gasteiger partial charge in [0.15, 0.2) is 11.4 Å². The Bertz CT molecular complexity index is 733. The van der Waals surface area contributed by atoms with Crippen molar-refractivity contribution < 1.29 is 27.8 Å². The highest BCUT2D eigenvalue weighted by Crippen LogP contribution is 2.34. The Morgan fingerprint density at radius 3 is 2.48 bits per heavy atom. The number of carboxylic acids is 1. The number of nitrogens with zero attached hydrogens (tertiary/aromatic N) is 2. The van der Waals surface area contributed by atoms with Gasteiger partial charge in [0.05, 0.1) is 0 Å². The quantitative estimate of drug-likeness (QED) is 0.901. The Labute approximate surface area is 129 Å². The maximum atomic E-state index is 12.5. The van der Waals surface area contributed by atoms with Crippen molar-refractivity contribution in [1.82, 2.24) is 15.0 Å². The van der Waals surface area contributed by atoms with Gasteiger partial charge >= 0.3 is 12.3 Å². The van der Waals surface area contributed by atoms with Crippen LogP contribution in [0.25, 0.3) is 11.4 Å². The molecule has 2 heterocycles. The lowest BCUT2D eigenvalue weighted by Crippen LogP contribution is -2.18. The summed E-state index contributed by atoms with van der Waals surface area (Å²) in [7, 11) is 0. The SMILES string of the molecule is CC(C)(C)c1nc(C(=O)O)c(-c2ncccc2OC(F)(F)F)[nH]1. The highest BCUT2D eigenvalue weighted by atomic mass is 19.4. The van der Waals surface area contributed by atoms with Crippen molar-refractivity contribution in [2.75, 3.05) is 0 Å². The van der Waals surface area contributed by atoms with E-state index in [0.29, 0.717) is 5.82 Å². The Balaban J connectivity index is 2.63. The van der Waals surface area contributed by atoms with Gasteiger partial charge in [0, 0.05) is 11.6 Å². The maximum absolute atomic E-state index is 12.5. The van der Waals surface area contributed by atoms with E-state index < -0.39 is 29.2 Å². The molecule has 0 radical (unpaired) electrons. The molecule has 2 aromatic heterocycles. The standard InChI is InChI=1S/C14H14F3N3O3/c1-13(2,3)12-19-9(10(20-12)11(21)22)8-7(5-4-6-18-8)23-14(15,16)17/h4-6H,1-3H3,(H,19,20)(H,21,22). The smallest absolute Gasteiger partial charge is 0.476 e. The van der Waals surface area contributed by atoms with Crippen LogP contribution >= 0.6 is 0 Å². The van der Waals surface area contributed by atoms with Crippen LogP contribution in [0.3, 0.4) is 0 Å². The molecule has 0 aromatic carbocycles. The molecular formula is C14H14F3N3O3. The number of rotatable bonds is 3. The van der Waals surface area contributed by atoms with E-state index in [4.69, 9.17) is 0 Å². The van der Waals surface area contributed by atoms with Crippen LogP contribution in [-0.4, -0.2) is 32.4 Å². The maximum Gasteiger partial charge on any atom is 0.573 e. The highest BCUT2D eigenvalue weighted by Gasteiger charge is 2.34. The number of carbonyl (C=O) groups is 1. The van der Waals surface area contributed by atoms with Crippen molar-refractivity contribution >= 4 is 5.97 Å². The van der Waals surface area contributed by atoms with Crippen LogP contribution < -0.4 is 4.74 Å². The molecule has 9 heteroatoms. The van der Waals surface area contributed by atoms with Crippen molar-refractivity contribution in [3.63, 3.8) is 0 Å². The average Bonchev–Trinajstić information content (AvgIpc) is 2.82. The molecule has 0 fully saturated rings. The van der Waals surface area contributed by atoms with Gasteiger partial charge in [-0.3, -0.25) is 4.98 Å². The zero-order valence-electron chi connectivity index (χ0n) is 12.5. The molecule has 0 bridgehead atoms. The molecule has 0 aliphatic carbocycles. The van der Waals surface area contributed by atoms with Crippen molar-refractivity contribution in [2.45, 2.75) is 32.5 Å². The number of pyridine rings is 1. The lowest BCUT2D eigenvalue weighted by atomic mass is 9.96. The van der Waals surface area contributed by atoms with E-state index >= 15 is 0 Å². The van der Waals surface area contributed by atoms with Gasteiger partial charge in [0.25, 0.3) is 0 Å². The van der Waals surface area contributed by atoms with Crippen molar-refractivity contribution in [3.05, 3.63) is 29.8 Å². The molecule has 0 amide bonds. The predicted molar refractivity (Wildman–Crippen MR) is 74.2 cm³/mol. The summed E-state index contributed by atoms with van der Waals surface area (Å²) in [6.45, 7) is 5.35. The summed E-state index contributed by atoms with van der Waals surface area (Å²) < 4.78 is 41.4. The molecule has 0 aliphatic rings. The van der Waals surface area contributed by atoms with Crippen LogP contribution in [0, 0.1) is 0 Å². The first-order valence-corrected chi connectivity index (χ1v) is 6.54. The summed E-state index contributed by atoms with van der Waals surface area (Å²) in [5.74, 6) is -1.67. The Morgan fingerprint density at radius 1 is 1.30 bits per heavy atom. The van der Waals surface area contributed by atoms with Crippen molar-refractivity contribution in [3.8, 4) is 17.1 Å². The zero-order chi connectivity index (χ0) is 17.4. The van der Waals surface area contributed by atoms with Crippen LogP contribution in [0.2, 0.25) is 0 Å². The van der Waals surface area contributed by atoms with Crippen LogP contribution in [0.5, 0.6) is 5.75 Å². The molecule has 2 aromatic rings. The fourth-order valence-electron chi connectivity index (χ4n) is 1.84. The predicted octanol–water partition coefficient (Wildman–Crippen LogP) is 3.37. The van der Waals surface area contributed by atoms with E-state index in [0.717, 1.165) is 6.07 Å². The number of ether oxygens (including phenoxy) is 1. The minimum Gasteiger partial charge on any atom is -0.476 e. The number of aromatic carboxylic acids is 1. The molecule has 23 heavy (non-hydrogen) atoms. The summed E-state index contributed by atoms with van der Waals surface area (Å²) in [6.07, 6.45) is -3.68. The molecule has 0 unspecified atom stereocenters. The van der Waals surface area contributed by atoms with Gasteiger partial charge in [-0.15, -0.1) is 13.2 Å². The molecule has 0 saturated heterocycles. The average molecular weight is 329 g/mol. The molecule has 0 atom stereocenters. The van der Waals surface area contributed by atoms with Gasteiger partial charge in [-0.05, 0) is 12.1 Å². The highest BCUT2D eigenvalue weighted by molar-refractivity contribution is 5.93. The van der Waals surface area contributed by atoms with Gasteiger partial charge in [0.2, 0.25) is 0 Å². The molecule has 124 valence electrons. The molecular weight excluding hydrogens is 315 g/mol. The number of hydrogen-bond donors (Lipinski definition) is 2. The summed E-state index contributed by atoms with van der Waals surface area (Å²) in [5.41, 5.74) is -1.35. The van der Waals surface area contributed by atoms with E-state index in [1.54, 1.807) is 20.8 Å². The first kappa shape index (κ1) is 16.8. The second-order valence-corrected chi connectivity index (χ2v) is 5.76. The third kappa shape index (κ3) is 3.79. The molecule has 6 nitrogen and oxygen atoms in total. The Kier molecular flexibility index (Phi) is 4.06. The minimum absolute atomic E-state index is 0.137. The Morgan fingerprint density at radius 2 is 1.96 bits per heavy atom. The second kappa shape index (κ2) is 5.56. The van der Waals surface area contributed by atoms with Crippen LogP contribution in [0.1, 0.15) is 37.1 Å². The van der Waals surface area contributed by atoms with Crippen molar-refractivity contribution in [1.29, 1.82) is 0 Å². The Hall–Kier alpha value is -2.58. The van der Waals surface area contributed by atoms with Gasteiger partial charge in [0.1, 0.15) is 17.2 Å². The topological polar surface area (TPSA) is 88.1 Å². The third-order valence-corrected chi connectivity index (χ3v) is 2.85. The number of carboxylic acid groups (broad SMARTS) is 1. The number of aromatic amines is 1. The van der Waals surface area contributed by atoms with E-state index in [-0.39, 0.29) is 11.4 Å². The van der Waals surface area contributed by atoms with Crippen LogP contribution in [-0.2, 0) is 5.41 Å². The van der Waals surface area contributed by atoms with Gasteiger partial charge in [-0.25, -0.2) is 9.78 Å². The van der Waals surface area contributed by atoms with E-state index in [1.165, 1.54) is 12.3 Å². The van der Waals surface area contributed by atoms with Crippen LogP contribution in [0.4, 0.5) is 13.2 Å². The molecule has 2 N–H and O–H groups in total. The number of alkyl halides is 3. The molecule has 2 rings (SSSR count). The van der Waals surface area contributed by atoms with Crippen molar-refractivity contribution in [2.24, 2.45) is 0 Å². The van der Waals surface area contributed by atoms with E-state index in [1.807, 2.05) is 0 Å². The number of H-pyrrole nitrogens is 1. The first-order chi connectivity index (χ1) is 10.5. The normalized spacial score (nSPS) is 12.3. The molecule has 0 saturated carbocycles. The van der Waals surface area contributed by atoms with Gasteiger partial charge in [-0.1, -0.05) is 20.8 Å². The fraction of sp³-hybridized carbons (Fsp3) is 0.357. The monoisotopic (exact) mass is 329 g/mol. The summed E-state index contributed by atoms with van der Waals surface area (Å²) >= 11 is 0. The number of hydrogen-bond acceptors (Lipinski definition) is 4. The number of aromatic nitrogens is 3. The number of halogens is 3. The number of nitrogens with one attached hydrogen (secondary N) is 1. The third-order valence-electron chi connectivity index (χ3n) is 2.85. The largest absolute Gasteiger partial charge is 0.573 e. The summed E-state index contributed by atoms with van der Waals surface area (Å²) in [5, 5.41) is 9.26. The fourth-order valence-corrected chi connectivity index (χ4v) is 1.84. The summed E-state index contributed by atoms with van der Waals surface area (Å²) in [4.78, 5) is 21.9. The van der Waals surface area contributed by atoms with Gasteiger partial charge in [-0.2, -0.15) is 0 Å². The molecule has 0 aliphatic heterocycles. The molecule has 0 spiro atoms.